The Bertz CT molecular complexity index is 818. The van der Waals surface area contributed by atoms with Crippen LogP contribution >= 0.6 is 22.7 Å². The molecule has 110 valence electrons. The first-order valence-electron chi connectivity index (χ1n) is 6.82. The first-order chi connectivity index (χ1) is 10.2. The summed E-state index contributed by atoms with van der Waals surface area (Å²) in [5.74, 6) is 1.53. The number of aryl methyl sites for hydroxylation is 1. The molecule has 0 spiro atoms. The first kappa shape index (κ1) is 14.2. The van der Waals surface area contributed by atoms with Crippen molar-refractivity contribution in [3.05, 3.63) is 38.0 Å². The van der Waals surface area contributed by atoms with Gasteiger partial charge in [0.1, 0.15) is 10.6 Å². The van der Waals surface area contributed by atoms with Gasteiger partial charge in [0.25, 0.3) is 0 Å². The number of aromatic nitrogens is 3. The minimum absolute atomic E-state index is 0.0328. The summed E-state index contributed by atoms with van der Waals surface area (Å²) in [6.07, 6.45) is 1.04. The number of thiazole rings is 1. The molecule has 0 atom stereocenters. The van der Waals surface area contributed by atoms with Crippen LogP contribution in [0.15, 0.2) is 21.6 Å². The van der Waals surface area contributed by atoms with Crippen LogP contribution in [0.1, 0.15) is 24.9 Å². The summed E-state index contributed by atoms with van der Waals surface area (Å²) in [7, 11) is 0. The van der Waals surface area contributed by atoms with Crippen molar-refractivity contribution in [1.29, 1.82) is 0 Å². The number of anilines is 1. The number of rotatable bonds is 5. The van der Waals surface area contributed by atoms with E-state index in [-0.39, 0.29) is 4.87 Å². The van der Waals surface area contributed by atoms with E-state index in [4.69, 9.17) is 0 Å². The van der Waals surface area contributed by atoms with E-state index in [1.807, 2.05) is 23.8 Å². The molecule has 0 radical (unpaired) electrons. The quantitative estimate of drug-likeness (QED) is 0.785. The number of nitrogens with one attached hydrogen (secondary N) is 1. The van der Waals surface area contributed by atoms with E-state index in [9.17, 15) is 4.79 Å². The molecule has 0 unspecified atom stereocenters. The largest absolute Gasteiger partial charge is 0.369 e. The standard InChI is InChI=1S/C14H16N4OS2/c1-3-5-15-12-10-4-6-20-13(10)17-11(16-12)7-18-9(2)8-21-14(18)19/h4,6,8H,3,5,7H2,1-2H3,(H,15,16,17). The van der Waals surface area contributed by atoms with Crippen molar-refractivity contribution in [2.24, 2.45) is 0 Å². The Hall–Kier alpha value is -1.73. The Balaban J connectivity index is 2.00. The van der Waals surface area contributed by atoms with Gasteiger partial charge in [-0.2, -0.15) is 0 Å². The normalized spacial score (nSPS) is 11.1. The van der Waals surface area contributed by atoms with Crippen LogP contribution in [0.5, 0.6) is 0 Å². The van der Waals surface area contributed by atoms with Crippen LogP contribution in [0.4, 0.5) is 5.82 Å². The zero-order chi connectivity index (χ0) is 14.8. The highest BCUT2D eigenvalue weighted by Gasteiger charge is 2.11. The fourth-order valence-corrected chi connectivity index (χ4v) is 3.60. The minimum atomic E-state index is 0.0328. The van der Waals surface area contributed by atoms with Gasteiger partial charge in [0.15, 0.2) is 5.82 Å². The minimum Gasteiger partial charge on any atom is -0.369 e. The topological polar surface area (TPSA) is 59.8 Å². The molecule has 3 heterocycles. The Morgan fingerprint density at radius 2 is 2.19 bits per heavy atom. The second-order valence-corrected chi connectivity index (χ2v) is 6.50. The molecule has 0 bridgehead atoms. The lowest BCUT2D eigenvalue weighted by molar-refractivity contribution is 0.716. The predicted molar refractivity (Wildman–Crippen MR) is 88.6 cm³/mol. The summed E-state index contributed by atoms with van der Waals surface area (Å²) in [5.41, 5.74) is 0.947. The number of nitrogens with zero attached hydrogens (tertiary/aromatic N) is 3. The molecule has 0 saturated heterocycles. The maximum atomic E-state index is 11.8. The van der Waals surface area contributed by atoms with Crippen molar-refractivity contribution in [2.75, 3.05) is 11.9 Å². The highest BCUT2D eigenvalue weighted by atomic mass is 32.1. The molecule has 0 aromatic carbocycles. The average molecular weight is 320 g/mol. The molecule has 0 amide bonds. The Morgan fingerprint density at radius 1 is 1.33 bits per heavy atom. The molecule has 0 aliphatic rings. The van der Waals surface area contributed by atoms with Crippen LogP contribution in [0, 0.1) is 6.92 Å². The fraction of sp³-hybridized carbons (Fsp3) is 0.357. The predicted octanol–water partition coefficient (Wildman–Crippen LogP) is 3.09. The monoisotopic (exact) mass is 320 g/mol. The average Bonchev–Trinajstić information content (AvgIpc) is 3.06. The zero-order valence-electron chi connectivity index (χ0n) is 11.9. The SMILES string of the molecule is CCCNc1nc(Cn2c(C)csc2=O)nc2sccc12. The van der Waals surface area contributed by atoms with Crippen LogP contribution in [-0.4, -0.2) is 21.1 Å². The molecule has 7 heteroatoms. The van der Waals surface area contributed by atoms with Gasteiger partial charge < -0.3 is 5.32 Å². The molecule has 3 aromatic heterocycles. The van der Waals surface area contributed by atoms with Crippen LogP contribution in [-0.2, 0) is 6.54 Å². The van der Waals surface area contributed by atoms with Gasteiger partial charge in [0.2, 0.25) is 0 Å². The van der Waals surface area contributed by atoms with Crippen molar-refractivity contribution in [2.45, 2.75) is 26.8 Å². The second kappa shape index (κ2) is 5.95. The van der Waals surface area contributed by atoms with Gasteiger partial charge in [0.05, 0.1) is 11.9 Å². The van der Waals surface area contributed by atoms with E-state index >= 15 is 0 Å². The molecule has 21 heavy (non-hydrogen) atoms. The van der Waals surface area contributed by atoms with Gasteiger partial charge in [-0.1, -0.05) is 18.3 Å². The fourth-order valence-electron chi connectivity index (χ4n) is 2.09. The third kappa shape index (κ3) is 2.84. The van der Waals surface area contributed by atoms with Crippen LogP contribution in [0.25, 0.3) is 10.2 Å². The Morgan fingerprint density at radius 3 is 2.90 bits per heavy atom. The summed E-state index contributed by atoms with van der Waals surface area (Å²) in [5, 5.41) is 8.27. The van der Waals surface area contributed by atoms with Crippen LogP contribution < -0.4 is 10.2 Å². The molecule has 3 aromatic rings. The highest BCUT2D eigenvalue weighted by Crippen LogP contribution is 2.25. The summed E-state index contributed by atoms with van der Waals surface area (Å²) in [4.78, 5) is 22.0. The Labute approximate surface area is 130 Å². The Kier molecular flexibility index (Phi) is 4.03. The summed E-state index contributed by atoms with van der Waals surface area (Å²) >= 11 is 2.81. The van der Waals surface area contributed by atoms with Gasteiger partial charge in [-0.3, -0.25) is 9.36 Å². The van der Waals surface area contributed by atoms with Crippen molar-refractivity contribution in [1.82, 2.24) is 14.5 Å². The van der Waals surface area contributed by atoms with E-state index in [1.165, 1.54) is 11.3 Å². The molecule has 0 aliphatic carbocycles. The van der Waals surface area contributed by atoms with Gasteiger partial charge in [0, 0.05) is 17.6 Å². The third-order valence-electron chi connectivity index (χ3n) is 3.19. The molecule has 5 nitrogen and oxygen atoms in total. The molecule has 0 saturated carbocycles. The van der Waals surface area contributed by atoms with Gasteiger partial charge in [-0.25, -0.2) is 9.97 Å². The van der Waals surface area contributed by atoms with Gasteiger partial charge >= 0.3 is 4.87 Å². The lowest BCUT2D eigenvalue weighted by atomic mass is 10.3. The third-order valence-corrected chi connectivity index (χ3v) is 4.88. The number of fused-ring (bicyclic) bond motifs is 1. The smallest absolute Gasteiger partial charge is 0.307 e. The van der Waals surface area contributed by atoms with Gasteiger partial charge in [-0.15, -0.1) is 11.3 Å². The maximum absolute atomic E-state index is 11.8. The van der Waals surface area contributed by atoms with Crippen LogP contribution in [0.3, 0.4) is 0 Å². The van der Waals surface area contributed by atoms with Crippen molar-refractivity contribution in [3.8, 4) is 0 Å². The van der Waals surface area contributed by atoms with E-state index in [1.54, 1.807) is 15.9 Å². The van der Waals surface area contributed by atoms with Crippen molar-refractivity contribution in [3.63, 3.8) is 0 Å². The number of hydrogen-bond acceptors (Lipinski definition) is 6. The summed E-state index contributed by atoms with van der Waals surface area (Å²) in [6.45, 7) is 5.34. The van der Waals surface area contributed by atoms with E-state index in [2.05, 4.69) is 22.2 Å². The molecule has 0 aliphatic heterocycles. The van der Waals surface area contributed by atoms with Crippen molar-refractivity contribution >= 4 is 38.7 Å². The van der Waals surface area contributed by atoms with E-state index < -0.39 is 0 Å². The van der Waals surface area contributed by atoms with E-state index in [0.717, 1.165) is 34.7 Å². The first-order valence-corrected chi connectivity index (χ1v) is 8.58. The number of hydrogen-bond donors (Lipinski definition) is 1. The van der Waals surface area contributed by atoms with Crippen molar-refractivity contribution < 1.29 is 0 Å². The van der Waals surface area contributed by atoms with Crippen LogP contribution in [0.2, 0.25) is 0 Å². The number of thiophene rings is 1. The molecule has 1 N–H and O–H groups in total. The maximum Gasteiger partial charge on any atom is 0.307 e. The van der Waals surface area contributed by atoms with Gasteiger partial charge in [-0.05, 0) is 24.8 Å². The molecular formula is C14H16N4OS2. The highest BCUT2D eigenvalue weighted by molar-refractivity contribution is 7.16. The lowest BCUT2D eigenvalue weighted by Gasteiger charge is -2.09. The van der Waals surface area contributed by atoms with E-state index in [0.29, 0.717) is 12.4 Å². The molecular weight excluding hydrogens is 304 g/mol. The summed E-state index contributed by atoms with van der Waals surface area (Å²) in [6, 6.07) is 2.03. The summed E-state index contributed by atoms with van der Waals surface area (Å²) < 4.78 is 1.71. The molecule has 0 fully saturated rings. The lowest BCUT2D eigenvalue weighted by Crippen LogP contribution is -2.17. The zero-order valence-corrected chi connectivity index (χ0v) is 13.6. The molecule has 3 rings (SSSR count). The second-order valence-electron chi connectivity index (χ2n) is 4.78.